The number of unbranched alkanes of at least 4 members (excludes halogenated alkanes) is 2. The summed E-state index contributed by atoms with van der Waals surface area (Å²) >= 11 is 0. The normalized spacial score (nSPS) is 10.9. The van der Waals surface area contributed by atoms with Crippen molar-refractivity contribution in [1.82, 2.24) is 59.7 Å². The van der Waals surface area contributed by atoms with Gasteiger partial charge in [-0.3, -0.25) is 9.59 Å². The molecule has 0 spiro atoms. The number of tetrazole rings is 1. The van der Waals surface area contributed by atoms with Crippen molar-refractivity contribution in [3.63, 3.8) is 0 Å². The van der Waals surface area contributed by atoms with Gasteiger partial charge in [-0.1, -0.05) is 118 Å². The number of H-pyrrole nitrogens is 1. The molecule has 73 heavy (non-hydrogen) atoms. The van der Waals surface area contributed by atoms with Gasteiger partial charge in [0.1, 0.15) is 11.6 Å². The smallest absolute Gasteiger partial charge is 0.264 e. The van der Waals surface area contributed by atoms with Crippen LogP contribution < -0.4 is 20.6 Å². The molecule has 0 aliphatic heterocycles. The van der Waals surface area contributed by atoms with Crippen LogP contribution in [0, 0.1) is 25.2 Å². The first kappa shape index (κ1) is 50.4. The molecular weight excluding hydrogens is 919 g/mol. The van der Waals surface area contributed by atoms with E-state index in [0.717, 1.165) is 88.9 Å². The second kappa shape index (κ2) is 23.7. The van der Waals surface area contributed by atoms with Crippen molar-refractivity contribution in [2.45, 2.75) is 79.1 Å². The highest BCUT2D eigenvalue weighted by molar-refractivity contribution is 5.80. The number of aromatic nitrogens is 12. The molecular formula is C56H55N13O4. The zero-order chi connectivity index (χ0) is 51.3. The van der Waals surface area contributed by atoms with Gasteiger partial charge in [-0.15, -0.1) is 10.2 Å². The Morgan fingerprint density at radius 1 is 0.589 bits per heavy atom. The van der Waals surface area contributed by atoms with E-state index in [1.54, 1.807) is 33.5 Å². The Morgan fingerprint density at radius 3 is 1.45 bits per heavy atom. The van der Waals surface area contributed by atoms with Gasteiger partial charge in [0.2, 0.25) is 17.7 Å². The average Bonchev–Trinajstić information content (AvgIpc) is 3.98. The maximum absolute atomic E-state index is 13.8. The van der Waals surface area contributed by atoms with Crippen LogP contribution in [0.25, 0.3) is 45.5 Å². The van der Waals surface area contributed by atoms with E-state index in [4.69, 9.17) is 19.4 Å². The van der Waals surface area contributed by atoms with E-state index in [-0.39, 0.29) is 23.0 Å². The Bertz CT molecular complexity index is 3460. The molecule has 0 fully saturated rings. The standard InChI is InChI=1S/C28H28N8O2.C28H27N5O2/c1-4-5-10-25-24(27(37)36(18(2)31-25)28-29-16-21(38-3)17-30-28)15-19-11-13-20(14-12-19)22-8-6-7-9-23(22)26-32-34-35-33-26;1-4-5-10-26-25(27(34)33(19(2)32-26)28-30-17-23(35-3)18-31-28)15-20-11-13-21(14-12-20)24-9-7-6-8-22(24)16-29/h6-9,11-14,16-17H,4-5,10,15H2,1-3H3,(H,32,33,34,35);6-9,11-14,17-18H,4-5,10,15H2,1-3H3. The SMILES string of the molecule is CCCCc1nc(C)n(-c2ncc(OC)cn2)c(=O)c1Cc1ccc(-c2ccccc2-c2nn[nH]n2)cc1.CCCCc1nc(C)n(-c2ncc(OC)cn2)c(=O)c1Cc1ccc(-c2ccccc2C#N)cc1. The topological polar surface area (TPSA) is 218 Å². The fraction of sp³-hybridized carbons (Fsp3) is 0.250. The molecule has 1 N–H and O–H groups in total. The summed E-state index contributed by atoms with van der Waals surface area (Å²) < 4.78 is 13.2. The van der Waals surface area contributed by atoms with Gasteiger partial charge in [0.15, 0.2) is 11.5 Å². The number of aryl methyl sites for hydroxylation is 4. The van der Waals surface area contributed by atoms with Crippen LogP contribution in [0.4, 0.5) is 0 Å². The molecule has 0 saturated heterocycles. The van der Waals surface area contributed by atoms with Crippen LogP contribution in [0.2, 0.25) is 0 Å². The van der Waals surface area contributed by atoms with Crippen LogP contribution >= 0.6 is 0 Å². The maximum atomic E-state index is 13.8. The number of hydrogen-bond donors (Lipinski definition) is 1. The van der Waals surface area contributed by atoms with E-state index in [1.165, 1.54) is 21.5 Å². The predicted molar refractivity (Wildman–Crippen MR) is 278 cm³/mol. The monoisotopic (exact) mass is 973 g/mol. The number of nitrogens with one attached hydrogen (secondary N) is 1. The lowest BCUT2D eigenvalue weighted by Crippen LogP contribution is -2.29. The number of benzene rings is 4. The van der Waals surface area contributed by atoms with Crippen molar-refractivity contribution in [3.05, 3.63) is 193 Å². The van der Waals surface area contributed by atoms with Crippen LogP contribution in [-0.2, 0) is 25.7 Å². The molecule has 0 unspecified atom stereocenters. The number of rotatable bonds is 17. The second-order valence-corrected chi connectivity index (χ2v) is 17.2. The highest BCUT2D eigenvalue weighted by Crippen LogP contribution is 2.30. The minimum atomic E-state index is -0.160. The Hall–Kier alpha value is -9.04. The summed E-state index contributed by atoms with van der Waals surface area (Å²) in [7, 11) is 3.09. The molecule has 0 bridgehead atoms. The Balaban J connectivity index is 0.000000196. The van der Waals surface area contributed by atoms with Gasteiger partial charge in [0, 0.05) is 29.5 Å². The minimum absolute atomic E-state index is 0.153. The number of methoxy groups -OCH3 is 2. The quantitative estimate of drug-likeness (QED) is 0.0901. The highest BCUT2D eigenvalue weighted by atomic mass is 16.5. The highest BCUT2D eigenvalue weighted by Gasteiger charge is 2.20. The molecule has 5 aromatic heterocycles. The summed E-state index contributed by atoms with van der Waals surface area (Å²) in [6, 6.07) is 33.9. The molecule has 0 saturated carbocycles. The molecule has 17 nitrogen and oxygen atoms in total. The van der Waals surface area contributed by atoms with Gasteiger partial charge in [-0.25, -0.2) is 39.0 Å². The lowest BCUT2D eigenvalue weighted by Gasteiger charge is -2.15. The molecule has 368 valence electrons. The van der Waals surface area contributed by atoms with E-state index in [9.17, 15) is 14.9 Å². The van der Waals surface area contributed by atoms with Crippen LogP contribution in [0.1, 0.15) is 90.4 Å². The summed E-state index contributed by atoms with van der Waals surface area (Å²) in [5.74, 6) is 3.24. The Morgan fingerprint density at radius 2 is 1.03 bits per heavy atom. The summed E-state index contributed by atoms with van der Waals surface area (Å²) in [4.78, 5) is 54.3. The lowest BCUT2D eigenvalue weighted by atomic mass is 9.96. The molecule has 0 amide bonds. The molecule has 0 atom stereocenters. The number of nitrogens with zero attached hydrogens (tertiary/aromatic N) is 12. The van der Waals surface area contributed by atoms with Crippen molar-refractivity contribution in [3.8, 4) is 63.1 Å². The van der Waals surface area contributed by atoms with Crippen molar-refractivity contribution >= 4 is 0 Å². The summed E-state index contributed by atoms with van der Waals surface area (Å²) in [6.45, 7) is 7.86. The summed E-state index contributed by atoms with van der Waals surface area (Å²) in [6.07, 6.45) is 12.5. The van der Waals surface area contributed by atoms with Gasteiger partial charge in [-0.2, -0.15) is 10.5 Å². The molecule has 4 aromatic carbocycles. The minimum Gasteiger partial charge on any atom is -0.494 e. The van der Waals surface area contributed by atoms with Gasteiger partial charge in [0.25, 0.3) is 11.1 Å². The second-order valence-electron chi connectivity index (χ2n) is 17.2. The summed E-state index contributed by atoms with van der Waals surface area (Å²) in [5.41, 5.74) is 10.0. The van der Waals surface area contributed by atoms with E-state index >= 15 is 0 Å². The van der Waals surface area contributed by atoms with E-state index in [2.05, 4.69) is 60.5 Å². The van der Waals surface area contributed by atoms with Crippen molar-refractivity contribution < 1.29 is 9.47 Å². The van der Waals surface area contributed by atoms with Gasteiger partial charge in [-0.05, 0) is 84.2 Å². The third-order valence-corrected chi connectivity index (χ3v) is 12.3. The first-order valence-electron chi connectivity index (χ1n) is 24.1. The van der Waals surface area contributed by atoms with E-state index < -0.39 is 0 Å². The van der Waals surface area contributed by atoms with Crippen LogP contribution in [0.5, 0.6) is 11.5 Å². The Labute approximate surface area is 422 Å². The molecule has 0 aliphatic rings. The first-order chi connectivity index (χ1) is 35.6. The predicted octanol–water partition coefficient (Wildman–Crippen LogP) is 8.93. The molecule has 0 aliphatic carbocycles. The fourth-order valence-electron chi connectivity index (χ4n) is 8.48. The first-order valence-corrected chi connectivity index (χ1v) is 24.1. The lowest BCUT2D eigenvalue weighted by molar-refractivity contribution is 0.410. The van der Waals surface area contributed by atoms with Crippen LogP contribution in [0.3, 0.4) is 0 Å². The Kier molecular flexibility index (Phi) is 16.4. The van der Waals surface area contributed by atoms with Gasteiger partial charge >= 0.3 is 0 Å². The zero-order valence-electron chi connectivity index (χ0n) is 41.7. The zero-order valence-corrected chi connectivity index (χ0v) is 41.7. The van der Waals surface area contributed by atoms with Crippen LogP contribution in [-0.4, -0.2) is 73.9 Å². The van der Waals surface area contributed by atoms with Crippen LogP contribution in [0.15, 0.2) is 131 Å². The van der Waals surface area contributed by atoms with E-state index in [0.29, 0.717) is 58.5 Å². The molecule has 9 aromatic rings. The van der Waals surface area contributed by atoms with Crippen molar-refractivity contribution in [1.29, 1.82) is 5.26 Å². The van der Waals surface area contributed by atoms with Crippen molar-refractivity contribution in [2.75, 3.05) is 14.2 Å². The number of ether oxygens (including phenoxy) is 2. The van der Waals surface area contributed by atoms with Gasteiger partial charge in [0.05, 0.1) is 62.0 Å². The fourth-order valence-corrected chi connectivity index (χ4v) is 8.48. The number of hydrogen-bond acceptors (Lipinski definition) is 14. The van der Waals surface area contributed by atoms with E-state index in [1.807, 2.05) is 104 Å². The molecule has 17 heteroatoms. The number of aromatic amines is 1. The molecule has 0 radical (unpaired) electrons. The average molecular weight is 974 g/mol. The molecule has 5 heterocycles. The third-order valence-electron chi connectivity index (χ3n) is 12.3. The van der Waals surface area contributed by atoms with Gasteiger partial charge < -0.3 is 9.47 Å². The largest absolute Gasteiger partial charge is 0.494 e. The maximum Gasteiger partial charge on any atom is 0.264 e. The third kappa shape index (κ3) is 11.6. The summed E-state index contributed by atoms with van der Waals surface area (Å²) in [5, 5.41) is 23.9. The molecule has 9 rings (SSSR count). The number of nitriles is 1. The van der Waals surface area contributed by atoms with Crippen molar-refractivity contribution in [2.24, 2.45) is 0 Å².